The van der Waals surface area contributed by atoms with Crippen LogP contribution in [0.5, 0.6) is 0 Å². The fourth-order valence-electron chi connectivity index (χ4n) is 5.00. The maximum absolute atomic E-state index is 14.4. The number of alkyl halides is 3. The first-order valence-electron chi connectivity index (χ1n) is 10.6. The van der Waals surface area contributed by atoms with Gasteiger partial charge in [-0.25, -0.2) is 9.37 Å². The molecule has 1 amide bonds. The fourth-order valence-corrected chi connectivity index (χ4v) is 5.00. The summed E-state index contributed by atoms with van der Waals surface area (Å²) in [6.45, 7) is 1.79. The summed E-state index contributed by atoms with van der Waals surface area (Å²) >= 11 is 0. The van der Waals surface area contributed by atoms with Gasteiger partial charge in [0.2, 0.25) is 0 Å². The molecule has 0 N–H and O–H groups in total. The second kappa shape index (κ2) is 7.89. The van der Waals surface area contributed by atoms with E-state index < -0.39 is 17.6 Å². The van der Waals surface area contributed by atoms with E-state index in [0.717, 1.165) is 12.8 Å². The van der Waals surface area contributed by atoms with E-state index in [1.165, 1.54) is 17.2 Å². The van der Waals surface area contributed by atoms with E-state index in [1.807, 2.05) is 0 Å². The Kier molecular flexibility index (Phi) is 5.13. The van der Waals surface area contributed by atoms with Crippen molar-refractivity contribution < 1.29 is 22.4 Å². The molecule has 2 fully saturated rings. The van der Waals surface area contributed by atoms with Crippen LogP contribution in [0.4, 0.5) is 17.6 Å². The molecule has 2 aliphatic heterocycles. The van der Waals surface area contributed by atoms with Gasteiger partial charge in [0.25, 0.3) is 5.91 Å². The molecule has 5 heterocycles. The molecule has 0 saturated carbocycles. The average Bonchev–Trinajstić information content (AvgIpc) is 3.50. The summed E-state index contributed by atoms with van der Waals surface area (Å²) in [5.74, 6) is -1.32. The van der Waals surface area contributed by atoms with Gasteiger partial charge in [-0.1, -0.05) is 0 Å². The predicted molar refractivity (Wildman–Crippen MR) is 108 cm³/mol. The summed E-state index contributed by atoms with van der Waals surface area (Å²) in [6.07, 6.45) is 1.40. The lowest BCUT2D eigenvalue weighted by molar-refractivity contribution is -0.138. The van der Waals surface area contributed by atoms with Gasteiger partial charge >= 0.3 is 6.18 Å². The number of nitrogens with zero attached hydrogens (tertiary/aromatic N) is 6. The van der Waals surface area contributed by atoms with Gasteiger partial charge in [0, 0.05) is 24.0 Å². The van der Waals surface area contributed by atoms with E-state index >= 15 is 0 Å². The predicted octanol–water partition coefficient (Wildman–Crippen LogP) is 3.76. The molecule has 11 heteroatoms. The molecule has 2 aliphatic rings. The summed E-state index contributed by atoms with van der Waals surface area (Å²) in [7, 11) is 0. The van der Waals surface area contributed by atoms with Crippen molar-refractivity contribution in [3.8, 4) is 5.69 Å². The Morgan fingerprint density at radius 1 is 1.18 bits per heavy atom. The molecule has 0 spiro atoms. The molecule has 5 rings (SSSR count). The van der Waals surface area contributed by atoms with Crippen LogP contribution in [0, 0.1) is 18.7 Å². The Morgan fingerprint density at radius 2 is 1.94 bits per heavy atom. The van der Waals surface area contributed by atoms with Crippen molar-refractivity contribution >= 4 is 5.91 Å². The normalized spacial score (nSPS) is 22.2. The van der Waals surface area contributed by atoms with Crippen LogP contribution >= 0.6 is 0 Å². The van der Waals surface area contributed by atoms with Crippen molar-refractivity contribution in [1.29, 1.82) is 0 Å². The standard InChI is InChI=1S/C22H20F4N6O/c1-12-2-4-19(32-28-6-7-29-32)20(30-12)21(33)31-15-3-5-18(31)13(8-15)9-17-16(23)10-14(11-27-17)22(24,25)26/h2,4,6-7,10-11,13,15,18H,3,5,8-9H2,1H3. The fraction of sp³-hybridized carbons (Fsp3) is 0.409. The van der Waals surface area contributed by atoms with Crippen LogP contribution < -0.4 is 0 Å². The zero-order chi connectivity index (χ0) is 23.3. The highest BCUT2D eigenvalue weighted by Gasteiger charge is 2.49. The smallest absolute Gasteiger partial charge is 0.331 e. The minimum absolute atomic E-state index is 0.0111. The number of hydrogen-bond acceptors (Lipinski definition) is 5. The Balaban J connectivity index is 1.40. The number of rotatable bonds is 4. The number of aromatic nitrogens is 5. The number of pyridine rings is 2. The number of carbonyl (C=O) groups is 1. The van der Waals surface area contributed by atoms with Crippen LogP contribution in [0.25, 0.3) is 5.69 Å². The Hall–Kier alpha value is -3.37. The Morgan fingerprint density at radius 3 is 2.64 bits per heavy atom. The van der Waals surface area contributed by atoms with Crippen molar-refractivity contribution in [3.05, 3.63) is 65.3 Å². The van der Waals surface area contributed by atoms with E-state index in [-0.39, 0.29) is 41.7 Å². The van der Waals surface area contributed by atoms with Gasteiger partial charge in [0.15, 0.2) is 5.69 Å². The van der Waals surface area contributed by atoms with Gasteiger partial charge in [0.1, 0.15) is 11.5 Å². The summed E-state index contributed by atoms with van der Waals surface area (Å²) in [4.78, 5) is 24.9. The van der Waals surface area contributed by atoms with Crippen LogP contribution in [-0.4, -0.2) is 47.9 Å². The molecule has 3 aromatic heterocycles. The first-order chi connectivity index (χ1) is 15.7. The van der Waals surface area contributed by atoms with Gasteiger partial charge in [-0.15, -0.1) is 4.80 Å². The van der Waals surface area contributed by atoms with Gasteiger partial charge in [0.05, 0.1) is 23.7 Å². The minimum atomic E-state index is -4.65. The summed E-state index contributed by atoms with van der Waals surface area (Å²) in [5.41, 5.74) is 0.256. The number of hydrogen-bond donors (Lipinski definition) is 0. The first kappa shape index (κ1) is 21.5. The van der Waals surface area contributed by atoms with E-state index in [1.54, 1.807) is 24.0 Å². The molecule has 3 unspecified atom stereocenters. The molecule has 0 radical (unpaired) electrons. The van der Waals surface area contributed by atoms with Crippen molar-refractivity contribution in [3.63, 3.8) is 0 Å². The van der Waals surface area contributed by atoms with Crippen molar-refractivity contribution in [2.24, 2.45) is 5.92 Å². The van der Waals surface area contributed by atoms with Crippen LogP contribution in [0.3, 0.4) is 0 Å². The summed E-state index contributed by atoms with van der Waals surface area (Å²) in [5, 5.41) is 8.22. The molecule has 172 valence electrons. The SMILES string of the molecule is Cc1ccc(-n2nccn2)c(C(=O)N2C3CCC2C(Cc2ncc(C(F)(F)F)cc2F)C3)n1. The maximum Gasteiger partial charge on any atom is 0.417 e. The lowest BCUT2D eigenvalue weighted by atomic mass is 9.85. The number of aryl methyl sites for hydroxylation is 1. The third-order valence-corrected chi connectivity index (χ3v) is 6.45. The first-order valence-corrected chi connectivity index (χ1v) is 10.6. The lowest BCUT2D eigenvalue weighted by Crippen LogP contribution is -2.38. The summed E-state index contributed by atoms with van der Waals surface area (Å²) < 4.78 is 52.9. The zero-order valence-electron chi connectivity index (χ0n) is 17.6. The maximum atomic E-state index is 14.4. The third kappa shape index (κ3) is 3.85. The minimum Gasteiger partial charge on any atom is -0.331 e. The highest BCUT2D eigenvalue weighted by Crippen LogP contribution is 2.44. The number of halogens is 4. The number of amides is 1. The second-order valence-corrected chi connectivity index (χ2v) is 8.50. The van der Waals surface area contributed by atoms with E-state index in [4.69, 9.17) is 0 Å². The highest BCUT2D eigenvalue weighted by molar-refractivity contribution is 5.96. The molecule has 33 heavy (non-hydrogen) atoms. The van der Waals surface area contributed by atoms with Gasteiger partial charge in [-0.05, 0) is 56.7 Å². The van der Waals surface area contributed by atoms with Crippen LogP contribution in [0.2, 0.25) is 0 Å². The molecule has 7 nitrogen and oxygen atoms in total. The Bertz CT molecular complexity index is 1200. The van der Waals surface area contributed by atoms with Gasteiger partial charge < -0.3 is 4.90 Å². The molecule has 0 aromatic carbocycles. The number of carbonyl (C=O) groups excluding carboxylic acids is 1. The van der Waals surface area contributed by atoms with Crippen molar-refractivity contribution in [2.45, 2.75) is 50.9 Å². The van der Waals surface area contributed by atoms with Crippen LogP contribution in [-0.2, 0) is 12.6 Å². The molecule has 2 saturated heterocycles. The quantitative estimate of drug-likeness (QED) is 0.554. The average molecular weight is 460 g/mol. The zero-order valence-corrected chi connectivity index (χ0v) is 17.6. The molecule has 2 bridgehead atoms. The van der Waals surface area contributed by atoms with Gasteiger partial charge in [-0.3, -0.25) is 9.78 Å². The molecular weight excluding hydrogens is 440 g/mol. The van der Waals surface area contributed by atoms with E-state index in [2.05, 4.69) is 20.2 Å². The topological polar surface area (TPSA) is 76.8 Å². The van der Waals surface area contributed by atoms with Gasteiger partial charge in [-0.2, -0.15) is 23.4 Å². The lowest BCUT2D eigenvalue weighted by Gasteiger charge is -2.25. The molecule has 3 aromatic rings. The van der Waals surface area contributed by atoms with Crippen LogP contribution in [0.1, 0.15) is 46.7 Å². The van der Waals surface area contributed by atoms with Crippen LogP contribution in [0.15, 0.2) is 36.8 Å². The van der Waals surface area contributed by atoms with Crippen molar-refractivity contribution in [2.75, 3.05) is 0 Å². The summed E-state index contributed by atoms with van der Waals surface area (Å²) in [6, 6.07) is 3.80. The van der Waals surface area contributed by atoms with E-state index in [9.17, 15) is 22.4 Å². The van der Waals surface area contributed by atoms with Crippen molar-refractivity contribution in [1.82, 2.24) is 29.9 Å². The molecular formula is C22H20F4N6O. The number of fused-ring (bicyclic) bond motifs is 2. The molecule has 0 aliphatic carbocycles. The Labute approximate surface area is 186 Å². The van der Waals surface area contributed by atoms with E-state index in [0.29, 0.717) is 30.1 Å². The second-order valence-electron chi connectivity index (χ2n) is 8.50. The highest BCUT2D eigenvalue weighted by atomic mass is 19.4. The largest absolute Gasteiger partial charge is 0.417 e. The third-order valence-electron chi connectivity index (χ3n) is 6.45. The molecule has 3 atom stereocenters. The monoisotopic (exact) mass is 460 g/mol.